The van der Waals surface area contributed by atoms with E-state index < -0.39 is 0 Å². The number of aromatic nitrogens is 1. The van der Waals surface area contributed by atoms with Gasteiger partial charge in [0.2, 0.25) is 0 Å². The number of nitrogens with zero attached hydrogens (tertiary/aromatic N) is 1. The third-order valence-electron chi connectivity index (χ3n) is 2.78. The summed E-state index contributed by atoms with van der Waals surface area (Å²) in [6, 6.07) is 7.98. The van der Waals surface area contributed by atoms with Crippen LogP contribution in [0.1, 0.15) is 13.3 Å². The molecule has 0 saturated carbocycles. The number of rotatable bonds is 5. The van der Waals surface area contributed by atoms with Gasteiger partial charge in [0.1, 0.15) is 10.8 Å². The predicted octanol–water partition coefficient (Wildman–Crippen LogP) is 3.11. The minimum Gasteiger partial charge on any atom is -0.497 e. The Morgan fingerprint density at radius 1 is 1.39 bits per heavy atom. The predicted molar refractivity (Wildman–Crippen MR) is 75.3 cm³/mol. The largest absolute Gasteiger partial charge is 0.497 e. The van der Waals surface area contributed by atoms with Crippen molar-refractivity contribution in [2.75, 3.05) is 13.7 Å². The van der Waals surface area contributed by atoms with Crippen LogP contribution in [0.25, 0.3) is 10.8 Å². The Morgan fingerprint density at radius 2 is 2.22 bits per heavy atom. The van der Waals surface area contributed by atoms with Crippen LogP contribution < -0.4 is 4.74 Å². The molecule has 0 fully saturated rings. The van der Waals surface area contributed by atoms with Gasteiger partial charge in [0.15, 0.2) is 0 Å². The van der Waals surface area contributed by atoms with Gasteiger partial charge in [-0.05, 0) is 36.1 Å². The van der Waals surface area contributed by atoms with E-state index in [4.69, 9.17) is 9.84 Å². The quantitative estimate of drug-likeness (QED) is 0.842. The average Bonchev–Trinajstić information content (AvgIpc) is 2.38. The molecule has 0 amide bonds. The van der Waals surface area contributed by atoms with E-state index in [1.807, 2.05) is 30.5 Å². The second-order valence-corrected chi connectivity index (χ2v) is 5.57. The summed E-state index contributed by atoms with van der Waals surface area (Å²) >= 11 is 1.70. The third-order valence-corrected chi connectivity index (χ3v) is 3.97. The van der Waals surface area contributed by atoms with Gasteiger partial charge in [0.25, 0.3) is 0 Å². The first-order chi connectivity index (χ1) is 8.74. The van der Waals surface area contributed by atoms with E-state index in [-0.39, 0.29) is 6.61 Å². The highest BCUT2D eigenvalue weighted by Gasteiger charge is 2.09. The molecule has 0 aliphatic heterocycles. The number of methoxy groups -OCH3 is 1. The second kappa shape index (κ2) is 6.07. The lowest BCUT2D eigenvalue weighted by molar-refractivity contribution is 0.289. The van der Waals surface area contributed by atoms with Gasteiger partial charge in [0.05, 0.1) is 7.11 Å². The summed E-state index contributed by atoms with van der Waals surface area (Å²) in [7, 11) is 1.67. The first-order valence-electron chi connectivity index (χ1n) is 5.95. The Labute approximate surface area is 111 Å². The molecule has 0 saturated heterocycles. The average molecular weight is 263 g/mol. The summed E-state index contributed by atoms with van der Waals surface area (Å²) in [5, 5.41) is 12.6. The van der Waals surface area contributed by atoms with Crippen molar-refractivity contribution < 1.29 is 9.84 Å². The van der Waals surface area contributed by atoms with Gasteiger partial charge in [-0.2, -0.15) is 0 Å². The maximum absolute atomic E-state index is 8.95. The Morgan fingerprint density at radius 3 is 2.94 bits per heavy atom. The lowest BCUT2D eigenvalue weighted by Gasteiger charge is -2.11. The molecule has 0 spiro atoms. The van der Waals surface area contributed by atoms with Crippen LogP contribution in [0, 0.1) is 0 Å². The number of fused-ring (bicyclic) bond motifs is 1. The topological polar surface area (TPSA) is 42.4 Å². The fourth-order valence-electron chi connectivity index (χ4n) is 1.78. The molecule has 0 radical (unpaired) electrons. The van der Waals surface area contributed by atoms with Crippen LogP contribution in [0.5, 0.6) is 5.75 Å². The normalized spacial score (nSPS) is 12.6. The summed E-state index contributed by atoms with van der Waals surface area (Å²) in [6.07, 6.45) is 2.59. The molecule has 1 unspecified atom stereocenters. The number of pyridine rings is 1. The molecule has 96 valence electrons. The summed E-state index contributed by atoms with van der Waals surface area (Å²) in [5.41, 5.74) is 0. The van der Waals surface area contributed by atoms with Crippen LogP contribution >= 0.6 is 11.8 Å². The molecular formula is C14H17NO2S. The molecule has 18 heavy (non-hydrogen) atoms. The second-order valence-electron chi connectivity index (χ2n) is 4.14. The number of hydrogen-bond acceptors (Lipinski definition) is 4. The zero-order valence-electron chi connectivity index (χ0n) is 10.6. The van der Waals surface area contributed by atoms with Gasteiger partial charge >= 0.3 is 0 Å². The van der Waals surface area contributed by atoms with Gasteiger partial charge in [-0.25, -0.2) is 4.98 Å². The standard InChI is InChI=1S/C14H17NO2S/c1-10(6-8-16)18-14-13-4-3-12(17-2)9-11(13)5-7-15-14/h3-5,7,9-10,16H,6,8H2,1-2H3. The molecule has 1 N–H and O–H groups in total. The fraction of sp³-hybridized carbons (Fsp3) is 0.357. The van der Waals surface area contributed by atoms with E-state index in [0.717, 1.165) is 28.0 Å². The van der Waals surface area contributed by atoms with Crippen molar-refractivity contribution in [2.24, 2.45) is 0 Å². The lowest BCUT2D eigenvalue weighted by atomic mass is 10.2. The van der Waals surface area contributed by atoms with Gasteiger partial charge in [-0.15, -0.1) is 11.8 Å². The fourth-order valence-corrected chi connectivity index (χ4v) is 2.82. The lowest BCUT2D eigenvalue weighted by Crippen LogP contribution is -2.00. The number of ether oxygens (including phenoxy) is 1. The molecule has 0 bridgehead atoms. The Kier molecular flexibility index (Phi) is 4.44. The zero-order chi connectivity index (χ0) is 13.0. The van der Waals surface area contributed by atoms with Crippen molar-refractivity contribution in [3.8, 4) is 5.75 Å². The van der Waals surface area contributed by atoms with Crippen molar-refractivity contribution in [2.45, 2.75) is 23.6 Å². The van der Waals surface area contributed by atoms with Crippen LogP contribution in [0.3, 0.4) is 0 Å². The number of hydrogen-bond donors (Lipinski definition) is 1. The highest BCUT2D eigenvalue weighted by molar-refractivity contribution is 8.00. The molecule has 1 atom stereocenters. The summed E-state index contributed by atoms with van der Waals surface area (Å²) in [4.78, 5) is 4.43. The maximum Gasteiger partial charge on any atom is 0.119 e. The SMILES string of the molecule is COc1ccc2c(SC(C)CCO)nccc2c1. The highest BCUT2D eigenvalue weighted by Crippen LogP contribution is 2.31. The van der Waals surface area contributed by atoms with E-state index in [0.29, 0.717) is 5.25 Å². The van der Waals surface area contributed by atoms with Crippen LogP contribution in [-0.2, 0) is 0 Å². The molecule has 1 aromatic carbocycles. The van der Waals surface area contributed by atoms with Gasteiger partial charge in [-0.1, -0.05) is 6.92 Å². The number of benzene rings is 1. The van der Waals surface area contributed by atoms with Crippen molar-refractivity contribution in [1.29, 1.82) is 0 Å². The highest BCUT2D eigenvalue weighted by atomic mass is 32.2. The molecule has 1 aromatic heterocycles. The molecular weight excluding hydrogens is 246 g/mol. The molecule has 2 rings (SSSR count). The van der Waals surface area contributed by atoms with Crippen molar-refractivity contribution in [3.63, 3.8) is 0 Å². The van der Waals surface area contributed by atoms with E-state index in [1.165, 1.54) is 0 Å². The Balaban J connectivity index is 2.33. The van der Waals surface area contributed by atoms with E-state index in [9.17, 15) is 0 Å². The smallest absolute Gasteiger partial charge is 0.119 e. The van der Waals surface area contributed by atoms with Gasteiger partial charge in [0, 0.05) is 23.4 Å². The summed E-state index contributed by atoms with van der Waals surface area (Å²) in [6.45, 7) is 2.32. The van der Waals surface area contributed by atoms with E-state index >= 15 is 0 Å². The molecule has 1 heterocycles. The molecule has 3 nitrogen and oxygen atoms in total. The maximum atomic E-state index is 8.95. The minimum atomic E-state index is 0.215. The van der Waals surface area contributed by atoms with Crippen LogP contribution in [0.4, 0.5) is 0 Å². The van der Waals surface area contributed by atoms with Crippen LogP contribution in [-0.4, -0.2) is 29.1 Å². The van der Waals surface area contributed by atoms with Gasteiger partial charge in [-0.3, -0.25) is 0 Å². The molecule has 0 aliphatic carbocycles. The van der Waals surface area contributed by atoms with Crippen molar-refractivity contribution in [1.82, 2.24) is 4.98 Å². The zero-order valence-corrected chi connectivity index (χ0v) is 11.4. The molecule has 4 heteroatoms. The molecule has 2 aromatic rings. The monoisotopic (exact) mass is 263 g/mol. The van der Waals surface area contributed by atoms with Crippen molar-refractivity contribution >= 4 is 22.5 Å². The molecule has 0 aliphatic rings. The number of thioether (sulfide) groups is 1. The minimum absolute atomic E-state index is 0.215. The van der Waals surface area contributed by atoms with Crippen LogP contribution in [0.15, 0.2) is 35.5 Å². The van der Waals surface area contributed by atoms with E-state index in [2.05, 4.69) is 11.9 Å². The number of aliphatic hydroxyl groups excluding tert-OH is 1. The van der Waals surface area contributed by atoms with E-state index in [1.54, 1.807) is 18.9 Å². The number of aliphatic hydroxyl groups is 1. The van der Waals surface area contributed by atoms with Crippen LogP contribution in [0.2, 0.25) is 0 Å². The summed E-state index contributed by atoms with van der Waals surface area (Å²) < 4.78 is 5.22. The third kappa shape index (κ3) is 2.94. The first-order valence-corrected chi connectivity index (χ1v) is 6.83. The summed E-state index contributed by atoms with van der Waals surface area (Å²) in [5.74, 6) is 0.855. The Hall–Kier alpha value is -1.26. The Bertz CT molecular complexity index is 530. The van der Waals surface area contributed by atoms with Crippen molar-refractivity contribution in [3.05, 3.63) is 30.5 Å². The first kappa shape index (κ1) is 13.2. The van der Waals surface area contributed by atoms with Gasteiger partial charge < -0.3 is 9.84 Å².